The van der Waals surface area contributed by atoms with Crippen molar-refractivity contribution < 1.29 is 35.5 Å². The highest BCUT2D eigenvalue weighted by molar-refractivity contribution is 7.86. The van der Waals surface area contributed by atoms with Crippen LogP contribution in [0.2, 0.25) is 0 Å². The molecule has 6 rings (SSSR count). The zero-order valence-electron chi connectivity index (χ0n) is 26.0. The Balaban J connectivity index is 1.80. The summed E-state index contributed by atoms with van der Waals surface area (Å²) < 4.78 is 79.9. The Labute approximate surface area is 267 Å². The predicted molar refractivity (Wildman–Crippen MR) is 171 cm³/mol. The molecule has 3 aromatic rings. The van der Waals surface area contributed by atoms with Gasteiger partial charge >= 0.3 is 0 Å². The summed E-state index contributed by atoms with van der Waals surface area (Å²) in [4.78, 5) is 16.0. The summed E-state index contributed by atoms with van der Waals surface area (Å²) in [7, 11) is -9.96. The molecule has 4 N–H and O–H groups in total. The fourth-order valence-corrected chi connectivity index (χ4v) is 8.00. The van der Waals surface area contributed by atoms with Gasteiger partial charge in [0.1, 0.15) is 0 Å². The van der Waals surface area contributed by atoms with E-state index in [0.29, 0.717) is 27.8 Å². The first kappa shape index (κ1) is 31.7. The molecule has 0 aromatic heterocycles. The number of carbonyl (C=O) groups excluding carboxylic acids is 1. The minimum absolute atomic E-state index is 0.0181. The third-order valence-corrected chi connectivity index (χ3v) is 11.5. The number of terminal acetylenes is 1. The molecule has 0 fully saturated rings. The van der Waals surface area contributed by atoms with Gasteiger partial charge < -0.3 is 15.4 Å². The molecule has 3 aliphatic rings. The van der Waals surface area contributed by atoms with Crippen LogP contribution >= 0.6 is 0 Å². The van der Waals surface area contributed by atoms with Gasteiger partial charge in [0.15, 0.2) is 21.3 Å². The van der Waals surface area contributed by atoms with Crippen molar-refractivity contribution in [2.75, 3.05) is 11.9 Å². The molecule has 0 bridgehead atoms. The fourth-order valence-electron chi connectivity index (χ4n) is 6.39. The van der Waals surface area contributed by atoms with Gasteiger partial charge in [0, 0.05) is 38.8 Å². The van der Waals surface area contributed by atoms with Gasteiger partial charge in [0.25, 0.3) is 26.1 Å². The van der Waals surface area contributed by atoms with Crippen LogP contribution in [0.1, 0.15) is 74.2 Å². The van der Waals surface area contributed by atoms with E-state index in [0.717, 1.165) is 0 Å². The molecule has 0 radical (unpaired) electrons. The van der Waals surface area contributed by atoms with Crippen molar-refractivity contribution in [2.45, 2.75) is 74.2 Å². The number of hydrogen-bond acceptors (Lipinski definition) is 8. The van der Waals surface area contributed by atoms with E-state index >= 15 is 0 Å². The monoisotopic (exact) mass is 663 g/mol. The molecule has 3 heterocycles. The van der Waals surface area contributed by atoms with E-state index in [1.807, 2.05) is 41.5 Å². The highest BCUT2D eigenvalue weighted by Crippen LogP contribution is 2.52. The van der Waals surface area contributed by atoms with Crippen molar-refractivity contribution in [1.82, 2.24) is 5.32 Å². The molecule has 0 saturated carbocycles. The maximum absolute atomic E-state index is 13.1. The second-order valence-electron chi connectivity index (χ2n) is 13.0. The first-order valence-corrected chi connectivity index (χ1v) is 17.4. The molecule has 2 atom stereocenters. The van der Waals surface area contributed by atoms with Gasteiger partial charge in [-0.15, -0.1) is 6.42 Å². The van der Waals surface area contributed by atoms with Gasteiger partial charge in [-0.1, -0.05) is 45.7 Å². The number of benzene rings is 3. The number of nitrogens with zero attached hydrogens (tertiary/aromatic N) is 1. The lowest BCUT2D eigenvalue weighted by molar-refractivity contribution is 0.0958. The summed E-state index contributed by atoms with van der Waals surface area (Å²) in [6, 6.07) is 9.31. The minimum Gasteiger partial charge on any atom is -0.453 e. The van der Waals surface area contributed by atoms with Crippen LogP contribution in [-0.2, 0) is 31.1 Å². The van der Waals surface area contributed by atoms with Crippen LogP contribution in [0.3, 0.4) is 0 Å². The first-order valence-electron chi connectivity index (χ1n) is 14.5. The van der Waals surface area contributed by atoms with Crippen LogP contribution in [0.15, 0.2) is 51.2 Å². The summed E-state index contributed by atoms with van der Waals surface area (Å²) in [6.45, 7) is 11.4. The smallest absolute Gasteiger partial charge is 0.300 e. The summed E-state index contributed by atoms with van der Waals surface area (Å²) in [6.07, 6.45) is 5.27. The van der Waals surface area contributed by atoms with Gasteiger partial charge in [-0.3, -0.25) is 18.9 Å². The third kappa shape index (κ3) is 4.62. The Morgan fingerprint density at radius 1 is 0.978 bits per heavy atom. The minimum atomic E-state index is -4.99. The van der Waals surface area contributed by atoms with E-state index in [1.165, 1.54) is 0 Å². The second-order valence-corrected chi connectivity index (χ2v) is 15.7. The molecule has 2 unspecified atom stereocenters. The van der Waals surface area contributed by atoms with Crippen LogP contribution in [0.5, 0.6) is 11.5 Å². The number of fused-ring (bicyclic) bond motifs is 4. The molecule has 0 aliphatic carbocycles. The van der Waals surface area contributed by atoms with Crippen LogP contribution in [0.25, 0.3) is 5.57 Å². The number of nitrogens with one attached hydrogen (secondary N) is 2. The van der Waals surface area contributed by atoms with Crippen LogP contribution in [0, 0.1) is 12.3 Å². The zero-order valence-corrected chi connectivity index (χ0v) is 27.6. The largest absolute Gasteiger partial charge is 0.453 e. The quantitative estimate of drug-likeness (QED) is 0.185. The Kier molecular flexibility index (Phi) is 7.00. The van der Waals surface area contributed by atoms with Gasteiger partial charge in [-0.25, -0.2) is 0 Å². The van der Waals surface area contributed by atoms with Crippen molar-refractivity contribution in [1.29, 1.82) is 0 Å². The van der Waals surface area contributed by atoms with Crippen LogP contribution in [0.4, 0.5) is 5.69 Å². The Bertz CT molecular complexity index is 2270. The standard InChI is InChI=1S/C33H33N3O8S2/c1-8-13-34-31(37)19-11-9-18(10-12-19)24-20-14-22-25(35-16(2)32(22,4)5)29(45(38,39)40)27(20)44-28-21(24)15-23-26(30(28)46(41,42)43)36-17(3)33(23,6)7/h1,9-12,14-17,35H,13H2,2-7H3,(H,34,37)(H,38,39,40)(H,41,42,43). The maximum atomic E-state index is 13.1. The number of anilines is 1. The summed E-state index contributed by atoms with van der Waals surface area (Å²) in [5.41, 5.74) is 1.48. The Hall–Kier alpha value is -4.22. The zero-order chi connectivity index (χ0) is 33.7. The van der Waals surface area contributed by atoms with E-state index < -0.39 is 46.8 Å². The summed E-state index contributed by atoms with van der Waals surface area (Å²) in [5.74, 6) is 1.30. The molecular weight excluding hydrogens is 631 g/mol. The van der Waals surface area contributed by atoms with Crippen molar-refractivity contribution in [3.05, 3.63) is 74.8 Å². The van der Waals surface area contributed by atoms with Crippen molar-refractivity contribution in [3.8, 4) is 23.8 Å². The van der Waals surface area contributed by atoms with Crippen molar-refractivity contribution in [3.63, 3.8) is 0 Å². The molecule has 0 spiro atoms. The Morgan fingerprint density at radius 2 is 1.61 bits per heavy atom. The molecule has 1 amide bonds. The predicted octanol–water partition coefficient (Wildman–Crippen LogP) is 3.29. The van der Waals surface area contributed by atoms with Gasteiger partial charge in [0.2, 0.25) is 0 Å². The molecule has 3 aromatic carbocycles. The molecule has 3 aliphatic heterocycles. The first-order chi connectivity index (χ1) is 21.3. The van der Waals surface area contributed by atoms with Crippen LogP contribution in [-0.4, -0.2) is 50.5 Å². The van der Waals surface area contributed by atoms with Gasteiger partial charge in [0.05, 0.1) is 23.6 Å². The average Bonchev–Trinajstić information content (AvgIpc) is 3.32. The molecule has 240 valence electrons. The molecular formula is C33H33N3O8S2. The third-order valence-electron chi connectivity index (χ3n) is 9.69. The fraction of sp³-hybridized carbons (Fsp3) is 0.333. The van der Waals surface area contributed by atoms with E-state index in [9.17, 15) is 30.7 Å². The lowest BCUT2D eigenvalue weighted by Crippen LogP contribution is -2.33. The normalized spacial score (nSPS) is 20.2. The summed E-state index contributed by atoms with van der Waals surface area (Å²) >= 11 is 0. The molecule has 13 heteroatoms. The molecule has 0 saturated heterocycles. The Morgan fingerprint density at radius 3 is 2.20 bits per heavy atom. The SMILES string of the molecule is C#CCNC(=O)c1ccc(C2=c3cc4c(c(S(=O)(=O)O)c3Oc3c2cc2c(c3S(=O)(=O)O)NC(C)C2(C)C)=NC(C)C4(C)C)cc1. The molecule has 11 nitrogen and oxygen atoms in total. The van der Waals surface area contributed by atoms with Crippen molar-refractivity contribution in [2.24, 2.45) is 4.99 Å². The van der Waals surface area contributed by atoms with E-state index in [-0.39, 0.29) is 52.0 Å². The van der Waals surface area contributed by atoms with E-state index in [2.05, 4.69) is 21.5 Å². The number of rotatable bonds is 5. The number of carbonyl (C=O) groups is 1. The lowest BCUT2D eigenvalue weighted by Gasteiger charge is -2.29. The molecule has 46 heavy (non-hydrogen) atoms. The van der Waals surface area contributed by atoms with Crippen molar-refractivity contribution >= 4 is 37.4 Å². The summed E-state index contributed by atoms with van der Waals surface area (Å²) in [5, 5.41) is 6.04. The highest BCUT2D eigenvalue weighted by Gasteiger charge is 2.45. The number of hydrogen-bond donors (Lipinski definition) is 4. The van der Waals surface area contributed by atoms with Crippen LogP contribution < -0.4 is 25.9 Å². The maximum Gasteiger partial charge on any atom is 0.300 e. The van der Waals surface area contributed by atoms with Gasteiger partial charge in [-0.2, -0.15) is 16.8 Å². The highest BCUT2D eigenvalue weighted by atomic mass is 32.2. The topological polar surface area (TPSA) is 171 Å². The number of ether oxygens (including phenoxy) is 1. The lowest BCUT2D eigenvalue weighted by atomic mass is 9.78. The van der Waals surface area contributed by atoms with E-state index in [1.54, 1.807) is 36.4 Å². The van der Waals surface area contributed by atoms with E-state index in [4.69, 9.17) is 11.2 Å². The number of amides is 1. The average molecular weight is 664 g/mol. The second kappa shape index (κ2) is 10.1. The van der Waals surface area contributed by atoms with Gasteiger partial charge in [-0.05, 0) is 54.8 Å².